The van der Waals surface area contributed by atoms with E-state index in [4.69, 9.17) is 0 Å². The molecule has 12 nitrogen and oxygen atoms in total. The first-order chi connectivity index (χ1) is 14.7. The van der Waals surface area contributed by atoms with Crippen LogP contribution in [0.25, 0.3) is 10.8 Å². The van der Waals surface area contributed by atoms with E-state index >= 15 is 0 Å². The maximum atomic E-state index is 12.9. The van der Waals surface area contributed by atoms with Crippen LogP contribution in [0, 0.1) is 20.2 Å². The summed E-state index contributed by atoms with van der Waals surface area (Å²) in [5, 5.41) is 32.2. The first-order valence-corrected chi connectivity index (χ1v) is 8.57. The van der Waals surface area contributed by atoms with E-state index in [9.17, 15) is 39.7 Å². The van der Waals surface area contributed by atoms with E-state index in [1.165, 1.54) is 24.3 Å². The molecule has 3 amide bonds. The Bertz CT molecular complexity index is 1260. The monoisotopic (exact) mass is 422 g/mol. The Kier molecular flexibility index (Phi) is 4.31. The van der Waals surface area contributed by atoms with Gasteiger partial charge in [0.1, 0.15) is 5.75 Å². The molecule has 0 atom stereocenters. The molecule has 0 unspecified atom stereocenters. The Morgan fingerprint density at radius 3 is 1.81 bits per heavy atom. The number of amides is 3. The van der Waals surface area contributed by atoms with Crippen LogP contribution in [0.15, 0.2) is 48.5 Å². The molecular weight excluding hydrogens is 412 g/mol. The number of carbonyl (C=O) groups is 3. The van der Waals surface area contributed by atoms with Gasteiger partial charge < -0.3 is 5.11 Å². The number of phenols is 1. The molecule has 0 saturated heterocycles. The summed E-state index contributed by atoms with van der Waals surface area (Å²) in [5.41, 5.74) is 0.563. The summed E-state index contributed by atoms with van der Waals surface area (Å²) in [6.07, 6.45) is 0. The van der Waals surface area contributed by atoms with Gasteiger partial charge in [-0.25, -0.2) is 0 Å². The molecule has 4 rings (SSSR count). The van der Waals surface area contributed by atoms with Crippen molar-refractivity contribution in [3.8, 4) is 5.75 Å². The average Bonchev–Trinajstić information content (AvgIpc) is 2.74. The number of nitrogens with zero attached hydrogens (tertiary/aromatic N) is 3. The molecule has 3 aromatic rings. The van der Waals surface area contributed by atoms with E-state index in [2.05, 4.69) is 5.43 Å². The van der Waals surface area contributed by atoms with E-state index in [1.807, 2.05) is 0 Å². The SMILES string of the molecule is O=C(NN1C(=O)c2cc([N+](=O)[O-])cc3cc([N+](=O)[O-])cc(c23)C1=O)c1ccc(O)cc1. The summed E-state index contributed by atoms with van der Waals surface area (Å²) >= 11 is 0. The van der Waals surface area contributed by atoms with Crippen LogP contribution in [0.1, 0.15) is 31.1 Å². The summed E-state index contributed by atoms with van der Waals surface area (Å²) in [5.74, 6) is -3.06. The minimum Gasteiger partial charge on any atom is -0.508 e. The Balaban J connectivity index is 1.86. The average molecular weight is 422 g/mol. The topological polar surface area (TPSA) is 173 Å². The zero-order valence-corrected chi connectivity index (χ0v) is 15.3. The van der Waals surface area contributed by atoms with Gasteiger partial charge in [-0.2, -0.15) is 5.01 Å². The van der Waals surface area contributed by atoms with Crippen molar-refractivity contribution in [1.82, 2.24) is 10.4 Å². The van der Waals surface area contributed by atoms with Crippen molar-refractivity contribution >= 4 is 39.9 Å². The second-order valence-corrected chi connectivity index (χ2v) is 6.53. The quantitative estimate of drug-likeness (QED) is 0.366. The molecule has 0 radical (unpaired) electrons. The maximum absolute atomic E-state index is 12.9. The third-order valence-corrected chi connectivity index (χ3v) is 4.65. The molecule has 0 bridgehead atoms. The second kappa shape index (κ2) is 6.88. The standard InChI is InChI=1S/C19H10N4O8/c24-13-3-1-9(2-4-13)17(25)20-21-18(26)14-7-11(22(28)29)5-10-6-12(23(30)31)8-15(16(10)14)19(21)27/h1-8,24H,(H,20,25). The minimum absolute atomic E-state index is 0.00688. The highest BCUT2D eigenvalue weighted by Crippen LogP contribution is 2.35. The molecule has 154 valence electrons. The van der Waals surface area contributed by atoms with Crippen molar-refractivity contribution in [3.05, 3.63) is 85.4 Å². The lowest BCUT2D eigenvalue weighted by molar-refractivity contribution is -0.385. The van der Waals surface area contributed by atoms with Crippen LogP contribution in [-0.2, 0) is 0 Å². The molecule has 12 heteroatoms. The summed E-state index contributed by atoms with van der Waals surface area (Å²) in [4.78, 5) is 59.3. The fraction of sp³-hybridized carbons (Fsp3) is 0. The predicted octanol–water partition coefficient (Wildman–Crippen LogP) is 2.30. The number of imide groups is 1. The lowest BCUT2D eigenvalue weighted by Crippen LogP contribution is -2.51. The van der Waals surface area contributed by atoms with Gasteiger partial charge >= 0.3 is 0 Å². The number of carbonyl (C=O) groups excluding carboxylic acids is 3. The Labute approximate surface area is 171 Å². The molecule has 0 saturated carbocycles. The number of rotatable bonds is 4. The summed E-state index contributed by atoms with van der Waals surface area (Å²) in [7, 11) is 0. The Hall–Kier alpha value is -4.87. The number of benzene rings is 3. The molecule has 1 aliphatic heterocycles. The number of non-ortho nitro benzene ring substituents is 2. The first kappa shape index (κ1) is 19.4. The van der Waals surface area contributed by atoms with E-state index < -0.39 is 38.9 Å². The summed E-state index contributed by atoms with van der Waals surface area (Å²) in [6, 6.07) is 8.86. The van der Waals surface area contributed by atoms with Crippen LogP contribution in [0.2, 0.25) is 0 Å². The van der Waals surface area contributed by atoms with Gasteiger partial charge in [0.2, 0.25) is 0 Å². The Morgan fingerprint density at radius 1 is 0.871 bits per heavy atom. The number of hydrazine groups is 1. The summed E-state index contributed by atoms with van der Waals surface area (Å²) < 4.78 is 0. The number of nitro benzene ring substituents is 2. The van der Waals surface area contributed by atoms with E-state index in [0.29, 0.717) is 5.01 Å². The van der Waals surface area contributed by atoms with Gasteiger partial charge in [0.15, 0.2) is 0 Å². The molecule has 3 aromatic carbocycles. The smallest absolute Gasteiger partial charge is 0.280 e. The molecule has 0 aromatic heterocycles. The zero-order chi connectivity index (χ0) is 22.4. The number of aromatic hydroxyl groups is 1. The van der Waals surface area contributed by atoms with Crippen LogP contribution < -0.4 is 5.43 Å². The lowest BCUT2D eigenvalue weighted by Gasteiger charge is -2.27. The van der Waals surface area contributed by atoms with Gasteiger partial charge in [-0.3, -0.25) is 40.0 Å². The van der Waals surface area contributed by atoms with Gasteiger partial charge in [0, 0.05) is 35.2 Å². The highest BCUT2D eigenvalue weighted by molar-refractivity contribution is 6.26. The number of nitro groups is 2. The number of phenolic OH excluding ortho intramolecular Hbond substituents is 1. The second-order valence-electron chi connectivity index (χ2n) is 6.53. The normalized spacial score (nSPS) is 12.7. The lowest BCUT2D eigenvalue weighted by atomic mass is 9.93. The van der Waals surface area contributed by atoms with Crippen LogP contribution in [-0.4, -0.2) is 37.7 Å². The van der Waals surface area contributed by atoms with Crippen molar-refractivity contribution in [2.45, 2.75) is 0 Å². The molecule has 0 fully saturated rings. The highest BCUT2D eigenvalue weighted by Gasteiger charge is 2.37. The van der Waals surface area contributed by atoms with Gasteiger partial charge in [-0.05, 0) is 29.7 Å². The van der Waals surface area contributed by atoms with E-state index in [0.717, 1.165) is 24.3 Å². The van der Waals surface area contributed by atoms with Gasteiger partial charge in [-0.15, -0.1) is 0 Å². The highest BCUT2D eigenvalue weighted by atomic mass is 16.6. The van der Waals surface area contributed by atoms with Crippen LogP contribution in [0.4, 0.5) is 11.4 Å². The third kappa shape index (κ3) is 3.17. The van der Waals surface area contributed by atoms with Gasteiger partial charge in [0.25, 0.3) is 29.1 Å². The molecule has 0 aliphatic carbocycles. The minimum atomic E-state index is -1.04. The maximum Gasteiger partial charge on any atom is 0.280 e. The van der Waals surface area contributed by atoms with Crippen molar-refractivity contribution in [1.29, 1.82) is 0 Å². The molecule has 2 N–H and O–H groups in total. The van der Waals surface area contributed by atoms with Crippen LogP contribution >= 0.6 is 0 Å². The van der Waals surface area contributed by atoms with Crippen molar-refractivity contribution in [2.24, 2.45) is 0 Å². The molecule has 1 heterocycles. The predicted molar refractivity (Wildman–Crippen MR) is 103 cm³/mol. The fourth-order valence-corrected chi connectivity index (χ4v) is 3.25. The Morgan fingerprint density at radius 2 is 1.35 bits per heavy atom. The number of hydrogen-bond donors (Lipinski definition) is 2. The van der Waals surface area contributed by atoms with E-state index in [1.54, 1.807) is 0 Å². The van der Waals surface area contributed by atoms with Crippen molar-refractivity contribution in [3.63, 3.8) is 0 Å². The molecule has 31 heavy (non-hydrogen) atoms. The summed E-state index contributed by atoms with van der Waals surface area (Å²) in [6.45, 7) is 0. The zero-order valence-electron chi connectivity index (χ0n) is 15.3. The van der Waals surface area contributed by atoms with Gasteiger partial charge in [0.05, 0.1) is 21.0 Å². The molecular formula is C19H10N4O8. The van der Waals surface area contributed by atoms with Crippen molar-refractivity contribution in [2.75, 3.05) is 0 Å². The van der Waals surface area contributed by atoms with E-state index in [-0.39, 0.29) is 33.2 Å². The number of hydrogen-bond acceptors (Lipinski definition) is 8. The number of nitrogens with one attached hydrogen (secondary N) is 1. The molecule has 0 spiro atoms. The van der Waals surface area contributed by atoms with Crippen molar-refractivity contribution < 1.29 is 29.3 Å². The largest absolute Gasteiger partial charge is 0.508 e. The van der Waals surface area contributed by atoms with Crippen LogP contribution in [0.3, 0.4) is 0 Å². The third-order valence-electron chi connectivity index (χ3n) is 4.65. The van der Waals surface area contributed by atoms with Crippen LogP contribution in [0.5, 0.6) is 5.75 Å². The first-order valence-electron chi connectivity index (χ1n) is 8.57. The van der Waals surface area contributed by atoms with Gasteiger partial charge in [-0.1, -0.05) is 0 Å². The fourth-order valence-electron chi connectivity index (χ4n) is 3.25. The molecule has 1 aliphatic rings.